The Morgan fingerprint density at radius 2 is 2.14 bits per heavy atom. The molecule has 1 aromatic heterocycles. The lowest BCUT2D eigenvalue weighted by molar-refractivity contribution is 0.528. The van der Waals surface area contributed by atoms with Gasteiger partial charge in [0.1, 0.15) is 0 Å². The summed E-state index contributed by atoms with van der Waals surface area (Å²) >= 11 is 9.84. The Balaban J connectivity index is 2.27. The first-order valence-corrected chi connectivity index (χ1v) is 8.36. The van der Waals surface area contributed by atoms with Gasteiger partial charge in [-0.15, -0.1) is 0 Å². The molecule has 1 aromatic carbocycles. The van der Waals surface area contributed by atoms with Gasteiger partial charge in [-0.2, -0.15) is 0 Å². The van der Waals surface area contributed by atoms with Crippen LogP contribution in [0.1, 0.15) is 36.1 Å². The Morgan fingerprint density at radius 3 is 2.81 bits per heavy atom. The zero-order chi connectivity index (χ0) is 15.2. The predicted molar refractivity (Wildman–Crippen MR) is 92.9 cm³/mol. The topological polar surface area (TPSA) is 24.9 Å². The third-order valence-corrected chi connectivity index (χ3v) is 4.19. The van der Waals surface area contributed by atoms with Gasteiger partial charge in [-0.3, -0.25) is 4.98 Å². The molecular weight excluding hydrogens is 348 g/mol. The molecule has 0 aliphatic heterocycles. The summed E-state index contributed by atoms with van der Waals surface area (Å²) in [6, 6.07) is 8.77. The molecule has 0 saturated heterocycles. The molecule has 0 fully saturated rings. The van der Waals surface area contributed by atoms with Crippen molar-refractivity contribution in [2.45, 2.75) is 32.7 Å². The highest BCUT2D eigenvalue weighted by Gasteiger charge is 2.14. The minimum Gasteiger partial charge on any atom is -0.310 e. The molecule has 2 aromatic rings. The van der Waals surface area contributed by atoms with E-state index >= 15 is 0 Å². The van der Waals surface area contributed by atoms with Crippen molar-refractivity contribution in [3.63, 3.8) is 0 Å². The molecule has 0 saturated carbocycles. The summed E-state index contributed by atoms with van der Waals surface area (Å²) in [6.45, 7) is 5.28. The van der Waals surface area contributed by atoms with Gasteiger partial charge in [0.25, 0.3) is 0 Å². The first-order valence-electron chi connectivity index (χ1n) is 7.19. The van der Waals surface area contributed by atoms with E-state index in [2.05, 4.69) is 58.3 Å². The normalized spacial score (nSPS) is 12.4. The number of aromatic nitrogens is 1. The van der Waals surface area contributed by atoms with Gasteiger partial charge in [0, 0.05) is 22.9 Å². The van der Waals surface area contributed by atoms with Crippen LogP contribution in [0.5, 0.6) is 0 Å². The fraction of sp³-hybridized carbons (Fsp3) is 0.353. The lowest BCUT2D eigenvalue weighted by Crippen LogP contribution is -2.24. The quantitative estimate of drug-likeness (QED) is 0.769. The smallest absolute Gasteiger partial charge is 0.0622 e. The minimum atomic E-state index is 0.251. The summed E-state index contributed by atoms with van der Waals surface area (Å²) in [5.74, 6) is 0. The van der Waals surface area contributed by atoms with Gasteiger partial charge in [-0.05, 0) is 61.2 Å². The van der Waals surface area contributed by atoms with Gasteiger partial charge in [0.15, 0.2) is 0 Å². The molecule has 0 amide bonds. The van der Waals surface area contributed by atoms with Crippen LogP contribution in [-0.2, 0) is 6.42 Å². The molecule has 0 aliphatic carbocycles. The van der Waals surface area contributed by atoms with E-state index in [4.69, 9.17) is 11.6 Å². The Labute approximate surface area is 140 Å². The number of hydrogen-bond donors (Lipinski definition) is 1. The lowest BCUT2D eigenvalue weighted by atomic mass is 9.98. The maximum atomic E-state index is 6.25. The van der Waals surface area contributed by atoms with Crippen LogP contribution < -0.4 is 5.32 Å². The molecule has 1 N–H and O–H groups in total. The molecule has 21 heavy (non-hydrogen) atoms. The van der Waals surface area contributed by atoms with Crippen molar-refractivity contribution < 1.29 is 0 Å². The number of benzene rings is 1. The van der Waals surface area contributed by atoms with Crippen molar-refractivity contribution in [2.24, 2.45) is 0 Å². The van der Waals surface area contributed by atoms with E-state index in [1.54, 1.807) is 12.4 Å². The summed E-state index contributed by atoms with van der Waals surface area (Å²) in [6.07, 6.45) is 5.47. The van der Waals surface area contributed by atoms with Crippen LogP contribution >= 0.6 is 27.5 Å². The van der Waals surface area contributed by atoms with Crippen molar-refractivity contribution in [1.82, 2.24) is 10.3 Å². The number of pyridine rings is 1. The number of halogens is 2. The fourth-order valence-corrected chi connectivity index (χ4v) is 3.20. The Morgan fingerprint density at radius 1 is 1.33 bits per heavy atom. The number of nitrogens with one attached hydrogen (secondary N) is 1. The summed E-state index contributed by atoms with van der Waals surface area (Å²) in [5.41, 5.74) is 3.66. The highest BCUT2D eigenvalue weighted by Crippen LogP contribution is 2.26. The van der Waals surface area contributed by atoms with E-state index in [9.17, 15) is 0 Å². The number of nitrogens with zero attached hydrogens (tertiary/aromatic N) is 1. The fourth-order valence-electron chi connectivity index (χ4n) is 2.38. The molecular formula is C17H20BrClN2. The van der Waals surface area contributed by atoms with Crippen LogP contribution in [0.2, 0.25) is 5.02 Å². The summed E-state index contributed by atoms with van der Waals surface area (Å²) in [5, 5.41) is 4.35. The molecule has 1 atom stereocenters. The van der Waals surface area contributed by atoms with Crippen LogP contribution in [0, 0.1) is 6.92 Å². The molecule has 1 heterocycles. The molecule has 112 valence electrons. The maximum Gasteiger partial charge on any atom is 0.0622 e. The van der Waals surface area contributed by atoms with E-state index < -0.39 is 0 Å². The third-order valence-electron chi connectivity index (χ3n) is 3.39. The molecule has 0 bridgehead atoms. The van der Waals surface area contributed by atoms with Crippen molar-refractivity contribution in [3.8, 4) is 0 Å². The highest BCUT2D eigenvalue weighted by atomic mass is 79.9. The summed E-state index contributed by atoms with van der Waals surface area (Å²) in [7, 11) is 0. The molecule has 4 heteroatoms. The van der Waals surface area contributed by atoms with Crippen LogP contribution in [0.4, 0.5) is 0 Å². The van der Waals surface area contributed by atoms with Gasteiger partial charge in [-0.1, -0.05) is 40.5 Å². The predicted octanol–water partition coefficient (Wildman–Crippen LogP) is 5.09. The highest BCUT2D eigenvalue weighted by molar-refractivity contribution is 9.10. The molecule has 1 unspecified atom stereocenters. The number of hydrogen-bond acceptors (Lipinski definition) is 2. The van der Waals surface area contributed by atoms with Gasteiger partial charge in [-0.25, -0.2) is 0 Å². The van der Waals surface area contributed by atoms with Crippen LogP contribution in [0.15, 0.2) is 41.1 Å². The van der Waals surface area contributed by atoms with E-state index in [0.717, 1.165) is 34.4 Å². The summed E-state index contributed by atoms with van der Waals surface area (Å²) in [4.78, 5) is 4.06. The molecule has 0 spiro atoms. The SMILES string of the molecule is CCCNC(Cc1ccncc1Cl)c1cc(C)cc(Br)c1. The minimum absolute atomic E-state index is 0.251. The van der Waals surface area contributed by atoms with Gasteiger partial charge in [0.2, 0.25) is 0 Å². The van der Waals surface area contributed by atoms with Gasteiger partial charge in [0.05, 0.1) is 5.02 Å². The first kappa shape index (κ1) is 16.5. The number of aryl methyl sites for hydroxylation is 1. The van der Waals surface area contributed by atoms with Crippen LogP contribution in [0.25, 0.3) is 0 Å². The average Bonchev–Trinajstić information content (AvgIpc) is 2.44. The van der Waals surface area contributed by atoms with Crippen molar-refractivity contribution in [3.05, 3.63) is 62.8 Å². The molecule has 2 nitrogen and oxygen atoms in total. The third kappa shape index (κ3) is 4.80. The lowest BCUT2D eigenvalue weighted by Gasteiger charge is -2.20. The Kier molecular flexibility index (Phi) is 6.22. The van der Waals surface area contributed by atoms with Crippen molar-refractivity contribution in [2.75, 3.05) is 6.54 Å². The van der Waals surface area contributed by atoms with E-state index in [-0.39, 0.29) is 6.04 Å². The van der Waals surface area contributed by atoms with Gasteiger partial charge >= 0.3 is 0 Å². The Bertz CT molecular complexity index is 581. The zero-order valence-corrected chi connectivity index (χ0v) is 14.7. The standard InChI is InChI=1S/C17H20BrClN2/c1-3-5-21-17(10-13-4-6-20-11-16(13)19)14-7-12(2)8-15(18)9-14/h4,6-9,11,17,21H,3,5,10H2,1-2H3. The molecule has 0 aliphatic rings. The number of rotatable bonds is 6. The summed E-state index contributed by atoms with van der Waals surface area (Å²) < 4.78 is 1.11. The van der Waals surface area contributed by atoms with Crippen molar-refractivity contribution in [1.29, 1.82) is 0 Å². The van der Waals surface area contributed by atoms with E-state index in [1.165, 1.54) is 11.1 Å². The largest absolute Gasteiger partial charge is 0.310 e. The molecule has 0 radical (unpaired) electrons. The monoisotopic (exact) mass is 366 g/mol. The van der Waals surface area contributed by atoms with Gasteiger partial charge < -0.3 is 5.32 Å². The van der Waals surface area contributed by atoms with Crippen LogP contribution in [-0.4, -0.2) is 11.5 Å². The van der Waals surface area contributed by atoms with E-state index in [0.29, 0.717) is 0 Å². The average molecular weight is 368 g/mol. The van der Waals surface area contributed by atoms with E-state index in [1.807, 2.05) is 6.07 Å². The zero-order valence-electron chi connectivity index (χ0n) is 12.4. The Hall–Kier alpha value is -0.900. The van der Waals surface area contributed by atoms with Crippen LogP contribution in [0.3, 0.4) is 0 Å². The maximum absolute atomic E-state index is 6.25. The second-order valence-electron chi connectivity index (χ2n) is 5.24. The second-order valence-corrected chi connectivity index (χ2v) is 6.56. The molecule has 2 rings (SSSR count). The van der Waals surface area contributed by atoms with Crippen molar-refractivity contribution >= 4 is 27.5 Å². The first-order chi connectivity index (χ1) is 10.1. The second kappa shape index (κ2) is 7.92.